The molecule has 0 bridgehead atoms. The van der Waals surface area contributed by atoms with Gasteiger partial charge in [0.2, 0.25) is 0 Å². The topological polar surface area (TPSA) is 74.4 Å². The molecule has 1 aromatic carbocycles. The highest BCUT2D eigenvalue weighted by atomic mass is 16.5. The zero-order chi connectivity index (χ0) is 17.2. The Balaban J connectivity index is 0.000000313. The normalized spacial score (nSPS) is 10.0. The van der Waals surface area contributed by atoms with Crippen molar-refractivity contribution in [3.63, 3.8) is 0 Å². The van der Waals surface area contributed by atoms with Crippen LogP contribution in [0.5, 0.6) is 11.5 Å². The van der Waals surface area contributed by atoms with Gasteiger partial charge < -0.3 is 15.2 Å². The summed E-state index contributed by atoms with van der Waals surface area (Å²) >= 11 is 0. The van der Waals surface area contributed by atoms with Crippen molar-refractivity contribution in [3.8, 4) is 11.5 Å². The van der Waals surface area contributed by atoms with Crippen molar-refractivity contribution in [2.24, 2.45) is 0 Å². The fraction of sp³-hybridized carbons (Fsp3) is 0.333. The highest BCUT2D eigenvalue weighted by Crippen LogP contribution is 2.23. The molecule has 0 atom stereocenters. The van der Waals surface area contributed by atoms with E-state index in [1.165, 1.54) is 0 Å². The predicted molar refractivity (Wildman–Crippen MR) is 92.0 cm³/mol. The quantitative estimate of drug-likeness (QED) is 0.851. The van der Waals surface area contributed by atoms with Gasteiger partial charge in [-0.2, -0.15) is 0 Å². The lowest BCUT2D eigenvalue weighted by Gasteiger charge is -2.14. The summed E-state index contributed by atoms with van der Waals surface area (Å²) in [5, 5.41) is 0. The molecule has 2 rings (SSSR count). The number of nitrogen functional groups attached to an aromatic ring is 1. The van der Waals surface area contributed by atoms with Gasteiger partial charge in [-0.25, -0.2) is 0 Å². The Hall–Kier alpha value is -2.56. The van der Waals surface area contributed by atoms with Crippen LogP contribution in [0.3, 0.4) is 0 Å². The fourth-order valence-corrected chi connectivity index (χ4v) is 1.72. The van der Waals surface area contributed by atoms with Crippen LogP contribution in [0, 0.1) is 0 Å². The number of rotatable bonds is 5. The number of anilines is 1. The van der Waals surface area contributed by atoms with E-state index >= 15 is 0 Å². The van der Waals surface area contributed by atoms with Gasteiger partial charge in [0.1, 0.15) is 17.8 Å². The smallest absolute Gasteiger partial charge is 0.150 e. The Labute approximate surface area is 137 Å². The summed E-state index contributed by atoms with van der Waals surface area (Å²) in [6, 6.07) is 8.82. The Morgan fingerprint density at radius 1 is 1.04 bits per heavy atom. The standard InChI is InChI=1S/C13H18O3.C5H6N2/c1-9(2)15-12-5-11(8-14)6-13(7-12)16-10(3)4;6-5-2-1-3-7-4-5/h5-10H,1-4H3;1-4H,6H2. The number of aldehydes is 1. The molecule has 23 heavy (non-hydrogen) atoms. The first-order valence-corrected chi connectivity index (χ1v) is 7.49. The minimum atomic E-state index is 0.0776. The number of benzene rings is 1. The van der Waals surface area contributed by atoms with E-state index in [1.54, 1.807) is 42.7 Å². The molecule has 2 N–H and O–H groups in total. The monoisotopic (exact) mass is 316 g/mol. The minimum absolute atomic E-state index is 0.0776. The van der Waals surface area contributed by atoms with E-state index in [0.29, 0.717) is 22.7 Å². The molecule has 0 unspecified atom stereocenters. The van der Waals surface area contributed by atoms with Gasteiger partial charge in [0.25, 0.3) is 0 Å². The number of carbonyl (C=O) groups excluding carboxylic acids is 1. The highest BCUT2D eigenvalue weighted by Gasteiger charge is 2.05. The summed E-state index contributed by atoms with van der Waals surface area (Å²) in [5.74, 6) is 1.32. The van der Waals surface area contributed by atoms with Crippen molar-refractivity contribution in [1.29, 1.82) is 0 Å². The lowest BCUT2D eigenvalue weighted by molar-refractivity contribution is 0.112. The average molecular weight is 316 g/mol. The first-order chi connectivity index (χ1) is 10.9. The molecule has 2 aromatic rings. The average Bonchev–Trinajstić information content (AvgIpc) is 2.47. The molecule has 0 aliphatic carbocycles. The number of aromatic nitrogens is 1. The molecule has 0 amide bonds. The Morgan fingerprint density at radius 2 is 1.61 bits per heavy atom. The molecule has 0 aliphatic rings. The summed E-state index contributed by atoms with van der Waals surface area (Å²) in [6.45, 7) is 7.76. The van der Waals surface area contributed by atoms with Gasteiger partial charge in [0.05, 0.1) is 17.9 Å². The van der Waals surface area contributed by atoms with Crippen molar-refractivity contribution in [2.45, 2.75) is 39.9 Å². The molecular formula is C18H24N2O3. The minimum Gasteiger partial charge on any atom is -0.491 e. The SMILES string of the molecule is CC(C)Oc1cc(C=O)cc(OC(C)C)c1.Nc1cccnc1. The van der Waals surface area contributed by atoms with Gasteiger partial charge in [-0.3, -0.25) is 9.78 Å². The van der Waals surface area contributed by atoms with Crippen LogP contribution in [-0.4, -0.2) is 23.5 Å². The molecule has 5 nitrogen and oxygen atoms in total. The summed E-state index contributed by atoms with van der Waals surface area (Å²) in [7, 11) is 0. The van der Waals surface area contributed by atoms with Gasteiger partial charge in [-0.15, -0.1) is 0 Å². The van der Waals surface area contributed by atoms with Crippen LogP contribution in [-0.2, 0) is 0 Å². The maximum absolute atomic E-state index is 10.8. The van der Waals surface area contributed by atoms with Crippen LogP contribution in [0.1, 0.15) is 38.1 Å². The number of carbonyl (C=O) groups is 1. The van der Waals surface area contributed by atoms with Gasteiger partial charge >= 0.3 is 0 Å². The number of ether oxygens (including phenoxy) is 2. The summed E-state index contributed by atoms with van der Waals surface area (Å²) in [4.78, 5) is 14.5. The molecule has 0 fully saturated rings. The first kappa shape index (κ1) is 18.5. The van der Waals surface area contributed by atoms with Crippen LogP contribution in [0.4, 0.5) is 5.69 Å². The van der Waals surface area contributed by atoms with E-state index < -0.39 is 0 Å². The number of nitrogens with zero attached hydrogens (tertiary/aromatic N) is 1. The maximum atomic E-state index is 10.8. The fourth-order valence-electron chi connectivity index (χ4n) is 1.72. The van der Waals surface area contributed by atoms with Crippen LogP contribution in [0.25, 0.3) is 0 Å². The molecule has 0 saturated heterocycles. The Morgan fingerprint density at radius 3 is 1.91 bits per heavy atom. The van der Waals surface area contributed by atoms with Crippen molar-refractivity contribution >= 4 is 12.0 Å². The molecule has 124 valence electrons. The van der Waals surface area contributed by atoms with Gasteiger partial charge in [0.15, 0.2) is 0 Å². The lowest BCUT2D eigenvalue weighted by atomic mass is 10.2. The molecule has 0 saturated carbocycles. The van der Waals surface area contributed by atoms with E-state index in [4.69, 9.17) is 15.2 Å². The van der Waals surface area contributed by atoms with Gasteiger partial charge in [0, 0.05) is 24.0 Å². The van der Waals surface area contributed by atoms with Crippen LogP contribution in [0.15, 0.2) is 42.7 Å². The van der Waals surface area contributed by atoms with Crippen LogP contribution >= 0.6 is 0 Å². The molecular weight excluding hydrogens is 292 g/mol. The summed E-state index contributed by atoms with van der Waals surface area (Å²) in [6.07, 6.45) is 4.25. The molecule has 1 aromatic heterocycles. The third-order valence-corrected chi connectivity index (χ3v) is 2.47. The summed E-state index contributed by atoms with van der Waals surface area (Å²) < 4.78 is 11.1. The Bertz CT molecular complexity index is 570. The zero-order valence-electron chi connectivity index (χ0n) is 14.0. The summed E-state index contributed by atoms with van der Waals surface area (Å²) in [5.41, 5.74) is 6.57. The van der Waals surface area contributed by atoms with Crippen LogP contribution < -0.4 is 15.2 Å². The molecule has 1 heterocycles. The maximum Gasteiger partial charge on any atom is 0.150 e. The number of hydrogen-bond donors (Lipinski definition) is 1. The third kappa shape index (κ3) is 7.85. The van der Waals surface area contributed by atoms with E-state index in [0.717, 1.165) is 6.29 Å². The van der Waals surface area contributed by atoms with Crippen molar-refractivity contribution in [2.75, 3.05) is 5.73 Å². The number of nitrogens with two attached hydrogens (primary N) is 1. The number of hydrogen-bond acceptors (Lipinski definition) is 5. The van der Waals surface area contributed by atoms with E-state index in [-0.39, 0.29) is 12.2 Å². The highest BCUT2D eigenvalue weighted by molar-refractivity contribution is 5.76. The molecule has 5 heteroatoms. The van der Waals surface area contributed by atoms with Gasteiger partial charge in [-0.1, -0.05) is 0 Å². The second-order valence-electron chi connectivity index (χ2n) is 5.48. The van der Waals surface area contributed by atoms with Gasteiger partial charge in [-0.05, 0) is 52.0 Å². The van der Waals surface area contributed by atoms with E-state index in [1.807, 2.05) is 27.7 Å². The lowest BCUT2D eigenvalue weighted by Crippen LogP contribution is -2.08. The third-order valence-electron chi connectivity index (χ3n) is 2.47. The largest absolute Gasteiger partial charge is 0.491 e. The second kappa shape index (κ2) is 9.46. The predicted octanol–water partition coefficient (Wildman–Crippen LogP) is 3.74. The van der Waals surface area contributed by atoms with Crippen LogP contribution in [0.2, 0.25) is 0 Å². The number of pyridine rings is 1. The first-order valence-electron chi connectivity index (χ1n) is 7.49. The molecule has 0 spiro atoms. The van der Waals surface area contributed by atoms with Crippen molar-refractivity contribution < 1.29 is 14.3 Å². The Kier molecular flexibility index (Phi) is 7.60. The van der Waals surface area contributed by atoms with Crippen molar-refractivity contribution in [1.82, 2.24) is 4.98 Å². The van der Waals surface area contributed by atoms with E-state index in [9.17, 15) is 4.79 Å². The molecule has 0 radical (unpaired) electrons. The molecule has 0 aliphatic heterocycles. The van der Waals surface area contributed by atoms with Crippen molar-refractivity contribution in [3.05, 3.63) is 48.3 Å². The van der Waals surface area contributed by atoms with E-state index in [2.05, 4.69) is 4.98 Å². The second-order valence-corrected chi connectivity index (χ2v) is 5.48. The zero-order valence-corrected chi connectivity index (χ0v) is 14.0.